The molecule has 0 aromatic heterocycles. The molecule has 0 radical (unpaired) electrons. The van der Waals surface area contributed by atoms with E-state index in [0.717, 1.165) is 0 Å². The fourth-order valence-corrected chi connectivity index (χ4v) is 1.45. The van der Waals surface area contributed by atoms with Crippen molar-refractivity contribution >= 4 is 5.91 Å². The van der Waals surface area contributed by atoms with Gasteiger partial charge in [0.1, 0.15) is 5.60 Å². The zero-order chi connectivity index (χ0) is 12.4. The molecule has 94 valence electrons. The van der Waals surface area contributed by atoms with Crippen LogP contribution in [0, 0.1) is 5.41 Å². The Bertz CT molecular complexity index is 270. The Morgan fingerprint density at radius 1 is 1.75 bits per heavy atom. The Kier molecular flexibility index (Phi) is 3.90. The second kappa shape index (κ2) is 4.67. The van der Waals surface area contributed by atoms with Crippen molar-refractivity contribution in [1.82, 2.24) is 5.32 Å². The van der Waals surface area contributed by atoms with E-state index in [2.05, 4.69) is 5.32 Å². The predicted octanol–water partition coefficient (Wildman–Crippen LogP) is -1.79. The molecule has 3 atom stereocenters. The minimum absolute atomic E-state index is 0.00928. The van der Waals surface area contributed by atoms with Crippen LogP contribution in [-0.4, -0.2) is 54.1 Å². The highest BCUT2D eigenvalue weighted by atomic mass is 16.5. The van der Waals surface area contributed by atoms with Crippen molar-refractivity contribution in [1.29, 1.82) is 0 Å². The lowest BCUT2D eigenvalue weighted by atomic mass is 9.84. The molecule has 0 saturated carbocycles. The number of carbonyl (C=O) groups is 1. The molecule has 6 heteroatoms. The molecule has 1 rings (SSSR count). The van der Waals surface area contributed by atoms with Gasteiger partial charge in [0.05, 0.1) is 25.2 Å². The third kappa shape index (κ3) is 2.70. The second-order valence-electron chi connectivity index (χ2n) is 4.88. The van der Waals surface area contributed by atoms with Crippen LogP contribution in [0.3, 0.4) is 0 Å². The minimum atomic E-state index is -1.31. The Morgan fingerprint density at radius 2 is 2.38 bits per heavy atom. The first-order valence-corrected chi connectivity index (χ1v) is 5.27. The van der Waals surface area contributed by atoms with E-state index in [1.165, 1.54) is 6.92 Å². The van der Waals surface area contributed by atoms with Crippen molar-refractivity contribution in [2.45, 2.75) is 25.5 Å². The van der Waals surface area contributed by atoms with Gasteiger partial charge < -0.3 is 26.0 Å². The number of aliphatic hydroxyl groups is 2. The van der Waals surface area contributed by atoms with Crippen molar-refractivity contribution in [3.05, 3.63) is 0 Å². The molecular weight excluding hydrogens is 212 g/mol. The molecule has 6 nitrogen and oxygen atoms in total. The molecule has 1 heterocycles. The molecule has 1 amide bonds. The topological polar surface area (TPSA) is 105 Å². The van der Waals surface area contributed by atoms with Gasteiger partial charge in [0.25, 0.3) is 0 Å². The predicted molar refractivity (Wildman–Crippen MR) is 57.6 cm³/mol. The smallest absolute Gasteiger partial charge is 0.230 e. The summed E-state index contributed by atoms with van der Waals surface area (Å²) in [7, 11) is 0. The van der Waals surface area contributed by atoms with Gasteiger partial charge >= 0.3 is 0 Å². The van der Waals surface area contributed by atoms with E-state index in [0.29, 0.717) is 6.61 Å². The summed E-state index contributed by atoms with van der Waals surface area (Å²) in [6.07, 6.45) is 0. The van der Waals surface area contributed by atoms with Gasteiger partial charge in [-0.15, -0.1) is 0 Å². The zero-order valence-corrected chi connectivity index (χ0v) is 9.69. The fraction of sp³-hybridized carbons (Fsp3) is 0.900. The molecular formula is C10H20N2O4. The molecule has 0 aromatic carbocycles. The van der Waals surface area contributed by atoms with E-state index in [1.807, 2.05) is 0 Å². The molecule has 0 bridgehead atoms. The van der Waals surface area contributed by atoms with Crippen LogP contribution in [0.5, 0.6) is 0 Å². The van der Waals surface area contributed by atoms with Gasteiger partial charge in [0.15, 0.2) is 0 Å². The summed E-state index contributed by atoms with van der Waals surface area (Å²) >= 11 is 0. The summed E-state index contributed by atoms with van der Waals surface area (Å²) in [4.78, 5) is 11.9. The van der Waals surface area contributed by atoms with Gasteiger partial charge in [0, 0.05) is 12.6 Å². The van der Waals surface area contributed by atoms with Crippen molar-refractivity contribution in [3.63, 3.8) is 0 Å². The van der Waals surface area contributed by atoms with Gasteiger partial charge in [0.2, 0.25) is 5.91 Å². The second-order valence-corrected chi connectivity index (χ2v) is 4.88. The lowest BCUT2D eigenvalue weighted by molar-refractivity contribution is -0.132. The highest BCUT2D eigenvalue weighted by Gasteiger charge is 2.44. The van der Waals surface area contributed by atoms with Gasteiger partial charge in [-0.2, -0.15) is 0 Å². The van der Waals surface area contributed by atoms with E-state index >= 15 is 0 Å². The van der Waals surface area contributed by atoms with Crippen LogP contribution in [-0.2, 0) is 9.53 Å². The summed E-state index contributed by atoms with van der Waals surface area (Å²) < 4.78 is 5.15. The maximum absolute atomic E-state index is 11.9. The van der Waals surface area contributed by atoms with Gasteiger partial charge in [-0.25, -0.2) is 0 Å². The lowest BCUT2D eigenvalue weighted by Gasteiger charge is -2.28. The average molecular weight is 232 g/mol. The third-order valence-corrected chi connectivity index (χ3v) is 3.01. The first-order valence-electron chi connectivity index (χ1n) is 5.27. The number of hydrogen-bond donors (Lipinski definition) is 4. The molecule has 0 aliphatic carbocycles. The summed E-state index contributed by atoms with van der Waals surface area (Å²) in [5.41, 5.74) is 3.72. The van der Waals surface area contributed by atoms with Crippen LogP contribution in [0.4, 0.5) is 0 Å². The van der Waals surface area contributed by atoms with E-state index in [-0.39, 0.29) is 25.1 Å². The van der Waals surface area contributed by atoms with Gasteiger partial charge in [-0.05, 0) is 13.8 Å². The van der Waals surface area contributed by atoms with Crippen molar-refractivity contribution in [3.8, 4) is 0 Å². The van der Waals surface area contributed by atoms with Crippen LogP contribution in [0.15, 0.2) is 0 Å². The van der Waals surface area contributed by atoms with Crippen molar-refractivity contribution in [2.24, 2.45) is 11.1 Å². The maximum Gasteiger partial charge on any atom is 0.230 e. The summed E-state index contributed by atoms with van der Waals surface area (Å²) in [6.45, 7) is 3.40. The highest BCUT2D eigenvalue weighted by Crippen LogP contribution is 2.27. The van der Waals surface area contributed by atoms with E-state index in [4.69, 9.17) is 15.6 Å². The Labute approximate surface area is 94.8 Å². The van der Waals surface area contributed by atoms with Crippen molar-refractivity contribution < 1.29 is 19.7 Å². The van der Waals surface area contributed by atoms with Crippen molar-refractivity contribution in [2.75, 3.05) is 26.4 Å². The number of nitrogens with two attached hydrogens (primary N) is 1. The first-order chi connectivity index (χ1) is 7.32. The van der Waals surface area contributed by atoms with Crippen LogP contribution >= 0.6 is 0 Å². The lowest BCUT2D eigenvalue weighted by Crippen LogP contribution is -2.53. The molecule has 5 N–H and O–H groups in total. The third-order valence-electron chi connectivity index (χ3n) is 3.01. The highest BCUT2D eigenvalue weighted by molar-refractivity contribution is 5.83. The van der Waals surface area contributed by atoms with Crippen LogP contribution in [0.1, 0.15) is 13.8 Å². The fourth-order valence-electron chi connectivity index (χ4n) is 1.45. The average Bonchev–Trinajstić information content (AvgIpc) is 2.57. The SMILES string of the molecule is CC(O)(CO)CNC(=O)C1(C)COCC1N. The Hall–Kier alpha value is -0.690. The van der Waals surface area contributed by atoms with Crippen LogP contribution < -0.4 is 11.1 Å². The number of nitrogens with one attached hydrogen (secondary N) is 1. The molecule has 1 fully saturated rings. The van der Waals surface area contributed by atoms with E-state index in [9.17, 15) is 9.90 Å². The molecule has 3 unspecified atom stereocenters. The molecule has 0 aromatic rings. The first kappa shape index (κ1) is 13.4. The number of rotatable bonds is 4. The Morgan fingerprint density at radius 3 is 2.81 bits per heavy atom. The molecule has 0 spiro atoms. The van der Waals surface area contributed by atoms with Gasteiger partial charge in [-0.3, -0.25) is 4.79 Å². The van der Waals surface area contributed by atoms with Crippen LogP contribution in [0.25, 0.3) is 0 Å². The van der Waals surface area contributed by atoms with Gasteiger partial charge in [-0.1, -0.05) is 0 Å². The summed E-state index contributed by atoms with van der Waals surface area (Å²) in [5, 5.41) is 21.0. The minimum Gasteiger partial charge on any atom is -0.393 e. The molecule has 1 aliphatic heterocycles. The maximum atomic E-state index is 11.9. The number of carbonyl (C=O) groups excluding carboxylic acids is 1. The number of amides is 1. The number of hydrogen-bond acceptors (Lipinski definition) is 5. The van der Waals surface area contributed by atoms with E-state index < -0.39 is 17.6 Å². The number of ether oxygens (including phenoxy) is 1. The number of aliphatic hydroxyl groups excluding tert-OH is 1. The van der Waals surface area contributed by atoms with E-state index in [1.54, 1.807) is 6.92 Å². The quantitative estimate of drug-likeness (QED) is 0.458. The monoisotopic (exact) mass is 232 g/mol. The molecule has 1 saturated heterocycles. The largest absolute Gasteiger partial charge is 0.393 e. The van der Waals surface area contributed by atoms with Crippen LogP contribution in [0.2, 0.25) is 0 Å². The summed E-state index contributed by atoms with van der Waals surface area (Å²) in [5.74, 6) is -0.258. The Balaban J connectivity index is 2.53. The normalized spacial score (nSPS) is 33.4. The standard InChI is InChI=1S/C10H20N2O4/c1-9(15,5-13)4-12-8(14)10(2)6-16-3-7(10)11/h7,13,15H,3-6,11H2,1-2H3,(H,12,14). The molecule has 16 heavy (non-hydrogen) atoms. The molecule has 1 aliphatic rings. The zero-order valence-electron chi connectivity index (χ0n) is 9.69. The summed E-state index contributed by atoms with van der Waals surface area (Å²) in [6, 6.07) is -0.341.